The molecular weight excluding hydrogens is 276 g/mol. The minimum Gasteiger partial charge on any atom is -0.391 e. The molecule has 2 heterocycles. The first-order chi connectivity index (χ1) is 9.47. The Morgan fingerprint density at radius 2 is 2.40 bits per heavy atom. The van der Waals surface area contributed by atoms with E-state index in [1.165, 1.54) is 0 Å². The molecule has 0 radical (unpaired) electrons. The predicted octanol–water partition coefficient (Wildman–Crippen LogP) is 1.12. The summed E-state index contributed by atoms with van der Waals surface area (Å²) in [5.41, 5.74) is 0.859. The minimum atomic E-state index is -0.422. The minimum absolute atomic E-state index is 0.129. The number of likely N-dealkylation sites (tertiary alicyclic amines) is 1. The molecule has 1 aromatic rings. The van der Waals surface area contributed by atoms with Crippen molar-refractivity contribution in [3.63, 3.8) is 0 Å². The SMILES string of the molecule is CC1CCN(C(=O)NCc2csc(N(C)C)n2)CC1O. The lowest BCUT2D eigenvalue weighted by molar-refractivity contribution is 0.0435. The molecule has 0 saturated carbocycles. The summed E-state index contributed by atoms with van der Waals surface area (Å²) in [5.74, 6) is 0.264. The molecule has 2 amide bonds. The van der Waals surface area contributed by atoms with Gasteiger partial charge in [-0.3, -0.25) is 0 Å². The van der Waals surface area contributed by atoms with Crippen LogP contribution in [-0.2, 0) is 6.54 Å². The van der Waals surface area contributed by atoms with Crippen molar-refractivity contribution in [2.24, 2.45) is 5.92 Å². The van der Waals surface area contributed by atoms with Gasteiger partial charge in [0.15, 0.2) is 5.13 Å². The second kappa shape index (κ2) is 6.41. The van der Waals surface area contributed by atoms with Crippen LogP contribution >= 0.6 is 11.3 Å². The van der Waals surface area contributed by atoms with Crippen molar-refractivity contribution in [1.29, 1.82) is 0 Å². The molecule has 0 spiro atoms. The number of aliphatic hydroxyl groups excluding tert-OH is 1. The number of anilines is 1. The molecule has 2 atom stereocenters. The van der Waals surface area contributed by atoms with Crippen LogP contribution in [0.25, 0.3) is 0 Å². The standard InChI is InChI=1S/C13H22N4O2S/c1-9-4-5-17(7-11(9)18)12(19)14-6-10-8-20-13(15-10)16(2)3/h8-9,11,18H,4-7H2,1-3H3,(H,14,19). The average molecular weight is 298 g/mol. The summed E-state index contributed by atoms with van der Waals surface area (Å²) in [6, 6.07) is -0.129. The number of hydrogen-bond acceptors (Lipinski definition) is 5. The summed E-state index contributed by atoms with van der Waals surface area (Å²) in [7, 11) is 3.88. The number of aromatic nitrogens is 1. The van der Waals surface area contributed by atoms with Gasteiger partial charge in [-0.2, -0.15) is 0 Å². The third-order valence-electron chi connectivity index (χ3n) is 3.55. The van der Waals surface area contributed by atoms with Crippen LogP contribution < -0.4 is 10.2 Å². The Morgan fingerprint density at radius 3 is 3.00 bits per heavy atom. The van der Waals surface area contributed by atoms with Gasteiger partial charge in [-0.05, 0) is 12.3 Å². The van der Waals surface area contributed by atoms with Crippen LogP contribution in [0.4, 0.5) is 9.93 Å². The lowest BCUT2D eigenvalue weighted by Gasteiger charge is -2.34. The van der Waals surface area contributed by atoms with E-state index >= 15 is 0 Å². The summed E-state index contributed by atoms with van der Waals surface area (Å²) >= 11 is 1.56. The highest BCUT2D eigenvalue weighted by Crippen LogP contribution is 2.19. The first kappa shape index (κ1) is 15.1. The Kier molecular flexibility index (Phi) is 4.82. The molecule has 0 bridgehead atoms. The molecule has 0 aliphatic carbocycles. The molecule has 1 fully saturated rings. The Labute approximate surface area is 123 Å². The van der Waals surface area contributed by atoms with Gasteiger partial charge in [0, 0.05) is 32.6 Å². The predicted molar refractivity (Wildman–Crippen MR) is 80.0 cm³/mol. The van der Waals surface area contributed by atoms with Crippen LogP contribution in [0.5, 0.6) is 0 Å². The number of nitrogens with zero attached hydrogens (tertiary/aromatic N) is 3. The number of aliphatic hydroxyl groups is 1. The Bertz CT molecular complexity index is 463. The van der Waals surface area contributed by atoms with Crippen LogP contribution in [0.3, 0.4) is 0 Å². The summed E-state index contributed by atoms with van der Waals surface area (Å²) < 4.78 is 0. The maximum atomic E-state index is 12.0. The number of carbonyl (C=O) groups is 1. The summed E-state index contributed by atoms with van der Waals surface area (Å²) in [5, 5.41) is 15.5. The van der Waals surface area contributed by atoms with Gasteiger partial charge in [-0.25, -0.2) is 9.78 Å². The molecule has 20 heavy (non-hydrogen) atoms. The van der Waals surface area contributed by atoms with E-state index in [4.69, 9.17) is 0 Å². The van der Waals surface area contributed by atoms with Gasteiger partial charge < -0.3 is 20.2 Å². The molecular formula is C13H22N4O2S. The van der Waals surface area contributed by atoms with E-state index < -0.39 is 6.10 Å². The fourth-order valence-electron chi connectivity index (χ4n) is 2.09. The van der Waals surface area contributed by atoms with Crippen LogP contribution in [0.2, 0.25) is 0 Å². The smallest absolute Gasteiger partial charge is 0.317 e. The molecule has 1 aliphatic heterocycles. The van der Waals surface area contributed by atoms with Gasteiger partial charge in [0.25, 0.3) is 0 Å². The second-order valence-electron chi connectivity index (χ2n) is 5.45. The van der Waals surface area contributed by atoms with Crippen molar-refractivity contribution in [3.05, 3.63) is 11.1 Å². The van der Waals surface area contributed by atoms with Crippen molar-refractivity contribution in [2.75, 3.05) is 32.1 Å². The quantitative estimate of drug-likeness (QED) is 0.877. The largest absolute Gasteiger partial charge is 0.391 e. The molecule has 1 aromatic heterocycles. The van der Waals surface area contributed by atoms with Gasteiger partial charge in [0.1, 0.15) is 0 Å². The van der Waals surface area contributed by atoms with Crippen LogP contribution in [0.15, 0.2) is 5.38 Å². The van der Waals surface area contributed by atoms with Crippen molar-refractivity contribution >= 4 is 22.5 Å². The van der Waals surface area contributed by atoms with Gasteiger partial charge in [-0.15, -0.1) is 11.3 Å². The number of rotatable bonds is 3. The van der Waals surface area contributed by atoms with Crippen molar-refractivity contribution in [1.82, 2.24) is 15.2 Å². The molecule has 7 heteroatoms. The number of piperidine rings is 1. The first-order valence-corrected chi connectivity index (χ1v) is 7.68. The fraction of sp³-hybridized carbons (Fsp3) is 0.692. The number of amides is 2. The molecule has 2 N–H and O–H groups in total. The molecule has 6 nitrogen and oxygen atoms in total. The van der Waals surface area contributed by atoms with E-state index in [1.54, 1.807) is 16.2 Å². The molecule has 2 unspecified atom stereocenters. The van der Waals surface area contributed by atoms with E-state index in [2.05, 4.69) is 10.3 Å². The number of urea groups is 1. The first-order valence-electron chi connectivity index (χ1n) is 6.80. The highest BCUT2D eigenvalue weighted by atomic mass is 32.1. The Hall–Kier alpha value is -1.34. The van der Waals surface area contributed by atoms with Crippen molar-refractivity contribution in [2.45, 2.75) is 26.0 Å². The fourth-order valence-corrected chi connectivity index (χ4v) is 2.85. The zero-order valence-electron chi connectivity index (χ0n) is 12.2. The zero-order valence-corrected chi connectivity index (χ0v) is 13.0. The normalized spacial score (nSPS) is 22.7. The Balaban J connectivity index is 1.82. The van der Waals surface area contributed by atoms with Crippen molar-refractivity contribution in [3.8, 4) is 0 Å². The highest BCUT2D eigenvalue weighted by Gasteiger charge is 2.27. The third-order valence-corrected chi connectivity index (χ3v) is 4.61. The molecule has 1 saturated heterocycles. The number of β-amino-alcohol motifs (C(OH)–C–C–N with tert-alkyl or cyclic N) is 1. The molecule has 1 aliphatic rings. The number of thiazole rings is 1. The highest BCUT2D eigenvalue weighted by molar-refractivity contribution is 7.13. The number of carbonyl (C=O) groups excluding carboxylic acids is 1. The second-order valence-corrected chi connectivity index (χ2v) is 6.29. The maximum Gasteiger partial charge on any atom is 0.317 e. The van der Waals surface area contributed by atoms with Gasteiger partial charge in [-0.1, -0.05) is 6.92 Å². The topological polar surface area (TPSA) is 68.7 Å². The van der Waals surface area contributed by atoms with E-state index in [1.807, 2.05) is 31.3 Å². The summed E-state index contributed by atoms with van der Waals surface area (Å²) in [6.45, 7) is 3.54. The lowest BCUT2D eigenvalue weighted by atomic mass is 9.96. The van der Waals surface area contributed by atoms with E-state index in [0.29, 0.717) is 19.6 Å². The summed E-state index contributed by atoms with van der Waals surface area (Å²) in [6.07, 6.45) is 0.421. The summed E-state index contributed by atoms with van der Waals surface area (Å²) in [4.78, 5) is 20.1. The monoisotopic (exact) mass is 298 g/mol. The van der Waals surface area contributed by atoms with Crippen molar-refractivity contribution < 1.29 is 9.90 Å². The van der Waals surface area contributed by atoms with Crippen LogP contribution in [-0.4, -0.2) is 54.3 Å². The number of nitrogens with one attached hydrogen (secondary N) is 1. The van der Waals surface area contributed by atoms with Gasteiger partial charge in [0.05, 0.1) is 18.3 Å². The van der Waals surface area contributed by atoms with Crippen LogP contribution in [0.1, 0.15) is 19.0 Å². The van der Waals surface area contributed by atoms with Gasteiger partial charge in [0.2, 0.25) is 0 Å². The van der Waals surface area contributed by atoms with Crippen LogP contribution in [0, 0.1) is 5.92 Å². The Morgan fingerprint density at radius 1 is 1.65 bits per heavy atom. The lowest BCUT2D eigenvalue weighted by Crippen LogP contribution is -2.49. The number of hydrogen-bond donors (Lipinski definition) is 2. The van der Waals surface area contributed by atoms with E-state index in [0.717, 1.165) is 17.2 Å². The van der Waals surface area contributed by atoms with E-state index in [9.17, 15) is 9.90 Å². The maximum absolute atomic E-state index is 12.0. The molecule has 2 rings (SSSR count). The van der Waals surface area contributed by atoms with Gasteiger partial charge >= 0.3 is 6.03 Å². The van der Waals surface area contributed by atoms with E-state index in [-0.39, 0.29) is 11.9 Å². The average Bonchev–Trinajstić information content (AvgIpc) is 2.88. The molecule has 0 aromatic carbocycles. The molecule has 112 valence electrons. The third kappa shape index (κ3) is 3.61. The zero-order chi connectivity index (χ0) is 14.7.